The Bertz CT molecular complexity index is 461. The van der Waals surface area contributed by atoms with Gasteiger partial charge in [0.15, 0.2) is 0 Å². The number of carboxylic acid groups (broad SMARTS) is 1. The van der Waals surface area contributed by atoms with Crippen LogP contribution in [0.1, 0.15) is 38.8 Å². The van der Waals surface area contributed by atoms with Gasteiger partial charge in [0.2, 0.25) is 0 Å². The lowest BCUT2D eigenvalue weighted by Crippen LogP contribution is -2.26. The fraction of sp³-hybridized carbons (Fsp3) is 0.500. The third-order valence-electron chi connectivity index (χ3n) is 2.90. The van der Waals surface area contributed by atoms with E-state index in [1.165, 1.54) is 13.8 Å². The van der Waals surface area contributed by atoms with E-state index in [1.54, 1.807) is 32.0 Å². The lowest BCUT2D eigenvalue weighted by Gasteiger charge is -2.21. The Morgan fingerprint density at radius 2 is 1.89 bits per heavy atom. The maximum Gasteiger partial charge on any atom is 0.309 e. The fourth-order valence-corrected chi connectivity index (χ4v) is 2.63. The molecular weight excluding hydrogens is 299 g/mol. The van der Waals surface area contributed by atoms with Crippen molar-refractivity contribution in [2.75, 3.05) is 0 Å². The van der Waals surface area contributed by atoms with Gasteiger partial charge in [0.25, 0.3) is 0 Å². The molecule has 0 heterocycles. The second kappa shape index (κ2) is 5.00. The fourth-order valence-electron chi connectivity index (χ4n) is 1.74. The van der Waals surface area contributed by atoms with Gasteiger partial charge in [-0.25, -0.2) is 4.39 Å². The van der Waals surface area contributed by atoms with Gasteiger partial charge in [-0.3, -0.25) is 4.79 Å². The van der Waals surface area contributed by atoms with E-state index in [0.717, 1.165) is 5.56 Å². The lowest BCUT2D eigenvalue weighted by atomic mass is 9.85. The summed E-state index contributed by atoms with van der Waals surface area (Å²) in [5.74, 6) is -0.839. The number of carboxylic acids is 1. The van der Waals surface area contributed by atoms with Gasteiger partial charge in [-0.05, 0) is 45.7 Å². The molecular formula is C14H18BrFO2. The molecule has 0 saturated carbocycles. The second-order valence-corrected chi connectivity index (χ2v) is 6.51. The molecule has 0 saturated heterocycles. The smallest absolute Gasteiger partial charge is 0.309 e. The molecule has 0 unspecified atom stereocenters. The summed E-state index contributed by atoms with van der Waals surface area (Å²) in [5, 5.41) is 9.08. The molecule has 100 valence electrons. The van der Waals surface area contributed by atoms with E-state index in [0.29, 0.717) is 16.5 Å². The number of benzene rings is 1. The van der Waals surface area contributed by atoms with E-state index >= 15 is 0 Å². The third kappa shape index (κ3) is 3.55. The summed E-state index contributed by atoms with van der Waals surface area (Å²) >= 11 is 3.34. The Balaban J connectivity index is 3.03. The maximum absolute atomic E-state index is 13.9. The van der Waals surface area contributed by atoms with Crippen molar-refractivity contribution in [2.24, 2.45) is 5.41 Å². The number of alkyl halides is 1. The van der Waals surface area contributed by atoms with Crippen LogP contribution in [0, 0.1) is 5.41 Å². The molecule has 1 aromatic carbocycles. The molecule has 0 aliphatic rings. The standard InChI is InChI=1S/C14H18BrFO2/c1-13(2,12(17)18)8-9-5-6-10(11(15)7-9)14(3,4)16/h5-7H,8H2,1-4H3,(H,17,18). The van der Waals surface area contributed by atoms with Gasteiger partial charge < -0.3 is 5.11 Å². The largest absolute Gasteiger partial charge is 0.481 e. The van der Waals surface area contributed by atoms with Gasteiger partial charge in [-0.2, -0.15) is 0 Å². The normalized spacial score (nSPS) is 12.6. The number of carbonyl (C=O) groups is 1. The van der Waals surface area contributed by atoms with Gasteiger partial charge in [0, 0.05) is 10.0 Å². The van der Waals surface area contributed by atoms with E-state index in [1.807, 2.05) is 0 Å². The zero-order valence-corrected chi connectivity index (χ0v) is 12.6. The summed E-state index contributed by atoms with van der Waals surface area (Å²) in [7, 11) is 0. The highest BCUT2D eigenvalue weighted by molar-refractivity contribution is 9.10. The lowest BCUT2D eigenvalue weighted by molar-refractivity contribution is -0.146. The monoisotopic (exact) mass is 316 g/mol. The van der Waals surface area contributed by atoms with Crippen LogP contribution in [0.3, 0.4) is 0 Å². The van der Waals surface area contributed by atoms with Crippen LogP contribution in [0.5, 0.6) is 0 Å². The predicted octanol–water partition coefficient (Wildman–Crippen LogP) is 4.31. The molecule has 0 spiro atoms. The van der Waals surface area contributed by atoms with Crippen LogP contribution < -0.4 is 0 Å². The highest BCUT2D eigenvalue weighted by atomic mass is 79.9. The van der Waals surface area contributed by atoms with Crippen molar-refractivity contribution >= 4 is 21.9 Å². The van der Waals surface area contributed by atoms with Crippen molar-refractivity contribution < 1.29 is 14.3 Å². The predicted molar refractivity (Wildman–Crippen MR) is 73.4 cm³/mol. The van der Waals surface area contributed by atoms with E-state index in [4.69, 9.17) is 5.11 Å². The summed E-state index contributed by atoms with van der Waals surface area (Å²) in [6, 6.07) is 5.28. The average Bonchev–Trinajstić information content (AvgIpc) is 2.14. The van der Waals surface area contributed by atoms with Gasteiger partial charge in [0.1, 0.15) is 5.67 Å². The van der Waals surface area contributed by atoms with Crippen molar-refractivity contribution in [1.29, 1.82) is 0 Å². The summed E-state index contributed by atoms with van der Waals surface area (Å²) in [6.45, 7) is 6.34. The number of aliphatic carboxylic acids is 1. The van der Waals surface area contributed by atoms with E-state index in [2.05, 4.69) is 15.9 Å². The highest BCUT2D eigenvalue weighted by Gasteiger charge is 2.28. The topological polar surface area (TPSA) is 37.3 Å². The second-order valence-electron chi connectivity index (χ2n) is 5.65. The Morgan fingerprint density at radius 1 is 1.33 bits per heavy atom. The van der Waals surface area contributed by atoms with Gasteiger partial charge in [-0.15, -0.1) is 0 Å². The van der Waals surface area contributed by atoms with E-state index in [-0.39, 0.29) is 0 Å². The number of hydrogen-bond donors (Lipinski definition) is 1. The van der Waals surface area contributed by atoms with E-state index in [9.17, 15) is 9.18 Å². The minimum Gasteiger partial charge on any atom is -0.481 e. The van der Waals surface area contributed by atoms with Crippen LogP contribution in [-0.4, -0.2) is 11.1 Å². The van der Waals surface area contributed by atoms with Crippen LogP contribution in [0.25, 0.3) is 0 Å². The SMILES string of the molecule is CC(C)(Cc1ccc(C(C)(C)F)c(Br)c1)C(=O)O. The molecule has 0 aliphatic heterocycles. The average molecular weight is 317 g/mol. The molecule has 0 fully saturated rings. The van der Waals surface area contributed by atoms with Crippen molar-refractivity contribution in [3.63, 3.8) is 0 Å². The number of halogens is 2. The molecule has 0 bridgehead atoms. The summed E-state index contributed by atoms with van der Waals surface area (Å²) in [5.41, 5.74) is -0.798. The molecule has 2 nitrogen and oxygen atoms in total. The molecule has 1 N–H and O–H groups in total. The summed E-state index contributed by atoms with van der Waals surface area (Å²) < 4.78 is 14.5. The minimum absolute atomic E-state index is 0.411. The molecule has 0 atom stereocenters. The first kappa shape index (κ1) is 15.2. The number of rotatable bonds is 4. The molecule has 0 amide bonds. The molecule has 1 aromatic rings. The molecule has 18 heavy (non-hydrogen) atoms. The first-order valence-corrected chi connectivity index (χ1v) is 6.54. The highest BCUT2D eigenvalue weighted by Crippen LogP contribution is 2.33. The van der Waals surface area contributed by atoms with Crippen molar-refractivity contribution in [1.82, 2.24) is 0 Å². The van der Waals surface area contributed by atoms with Crippen LogP contribution in [0.2, 0.25) is 0 Å². The molecule has 0 radical (unpaired) electrons. The minimum atomic E-state index is -1.42. The van der Waals surface area contributed by atoms with Gasteiger partial charge >= 0.3 is 5.97 Å². The molecule has 0 aliphatic carbocycles. The Kier molecular flexibility index (Phi) is 4.21. The zero-order valence-electron chi connectivity index (χ0n) is 11.1. The summed E-state index contributed by atoms with van der Waals surface area (Å²) in [4.78, 5) is 11.1. The van der Waals surface area contributed by atoms with Crippen LogP contribution in [0.4, 0.5) is 4.39 Å². The molecule has 1 rings (SSSR count). The van der Waals surface area contributed by atoms with Gasteiger partial charge in [-0.1, -0.05) is 28.1 Å². The van der Waals surface area contributed by atoms with Crippen LogP contribution in [-0.2, 0) is 16.9 Å². The van der Waals surface area contributed by atoms with Crippen molar-refractivity contribution in [2.45, 2.75) is 39.8 Å². The zero-order chi connectivity index (χ0) is 14.1. The Labute approximate surface area is 115 Å². The maximum atomic E-state index is 13.9. The molecule has 4 heteroatoms. The quantitative estimate of drug-likeness (QED) is 0.898. The summed E-state index contributed by atoms with van der Waals surface area (Å²) in [6.07, 6.45) is 0.411. The first-order valence-electron chi connectivity index (χ1n) is 5.75. The molecule has 0 aromatic heterocycles. The van der Waals surface area contributed by atoms with E-state index < -0.39 is 17.1 Å². The van der Waals surface area contributed by atoms with Crippen LogP contribution >= 0.6 is 15.9 Å². The van der Waals surface area contributed by atoms with Crippen molar-refractivity contribution in [3.8, 4) is 0 Å². The van der Waals surface area contributed by atoms with Crippen molar-refractivity contribution in [3.05, 3.63) is 33.8 Å². The first-order chi connectivity index (χ1) is 8.04. The Hall–Kier alpha value is -0.900. The van der Waals surface area contributed by atoms with Gasteiger partial charge in [0.05, 0.1) is 5.41 Å². The van der Waals surface area contributed by atoms with Crippen LogP contribution in [0.15, 0.2) is 22.7 Å². The third-order valence-corrected chi connectivity index (χ3v) is 3.56. The Morgan fingerprint density at radius 3 is 2.28 bits per heavy atom. The number of hydrogen-bond acceptors (Lipinski definition) is 1.